The quantitative estimate of drug-likeness (QED) is 0.301. The lowest BCUT2D eigenvalue weighted by Gasteiger charge is -2.46. The molecule has 124 valence electrons. The van der Waals surface area contributed by atoms with E-state index < -0.39 is 16.3 Å². The van der Waals surface area contributed by atoms with Crippen LogP contribution in [0.15, 0.2) is 30.3 Å². The fourth-order valence-electron chi connectivity index (χ4n) is 3.19. The molecule has 0 bridgehead atoms. The molecule has 0 aliphatic carbocycles. The third kappa shape index (κ3) is 2.61. The van der Waals surface area contributed by atoms with Crippen molar-refractivity contribution in [2.24, 2.45) is 0 Å². The van der Waals surface area contributed by atoms with Crippen LogP contribution in [0.5, 0.6) is 5.75 Å². The molecule has 0 spiro atoms. The van der Waals surface area contributed by atoms with E-state index in [9.17, 15) is 9.59 Å². The largest absolute Gasteiger partial charge is 0.490 e. The van der Waals surface area contributed by atoms with Gasteiger partial charge in [0.25, 0.3) is 0 Å². The molecule has 2 saturated heterocycles. The van der Waals surface area contributed by atoms with Gasteiger partial charge in [-0.1, -0.05) is 18.2 Å². The van der Waals surface area contributed by atoms with Crippen molar-refractivity contribution in [2.45, 2.75) is 35.9 Å². The van der Waals surface area contributed by atoms with E-state index in [0.717, 1.165) is 0 Å². The van der Waals surface area contributed by atoms with Gasteiger partial charge in [-0.15, -0.1) is 11.8 Å². The van der Waals surface area contributed by atoms with Gasteiger partial charge >= 0.3 is 5.97 Å². The van der Waals surface area contributed by atoms with Crippen molar-refractivity contribution in [1.82, 2.24) is 4.90 Å². The molecule has 1 amide bonds. The number of benzene rings is 1. The second-order valence-corrected chi connectivity index (χ2v) is 8.48. The summed E-state index contributed by atoms with van der Waals surface area (Å²) in [5, 5.41) is 0.0265. The highest BCUT2D eigenvalue weighted by atomic mass is 127. The third-order valence-electron chi connectivity index (χ3n) is 4.46. The number of nitrogens with zero attached hydrogens (tertiary/aromatic N) is 1. The zero-order valence-electron chi connectivity index (χ0n) is 13.0. The van der Waals surface area contributed by atoms with Gasteiger partial charge in [0.15, 0.2) is 5.54 Å². The zero-order chi connectivity index (χ0) is 16.7. The number of amides is 1. The number of carbonyl (C=O) groups is 2. The molecule has 2 aliphatic heterocycles. The molecule has 0 saturated carbocycles. The lowest BCUT2D eigenvalue weighted by molar-refractivity contribution is -0.173. The van der Waals surface area contributed by atoms with Crippen LogP contribution < -0.4 is 4.74 Å². The first-order chi connectivity index (χ1) is 10.9. The molecule has 0 radical (unpaired) electrons. The Morgan fingerprint density at radius 1 is 1.39 bits per heavy atom. The monoisotopic (exact) mass is 447 g/mol. The van der Waals surface area contributed by atoms with E-state index in [1.165, 1.54) is 0 Å². The summed E-state index contributed by atoms with van der Waals surface area (Å²) in [6.45, 7) is 4.05. The van der Waals surface area contributed by atoms with Crippen molar-refractivity contribution < 1.29 is 19.1 Å². The van der Waals surface area contributed by atoms with Crippen molar-refractivity contribution >= 4 is 46.2 Å². The Hall–Kier alpha value is -0.960. The predicted molar refractivity (Wildman–Crippen MR) is 96.6 cm³/mol. The fraction of sp³-hybridized carbons (Fsp3) is 0.500. The number of halogens is 1. The van der Waals surface area contributed by atoms with Gasteiger partial charge in [0, 0.05) is 0 Å². The first kappa shape index (κ1) is 16.9. The van der Waals surface area contributed by atoms with Crippen LogP contribution >= 0.6 is 34.4 Å². The van der Waals surface area contributed by atoms with E-state index in [2.05, 4.69) is 0 Å². The molecular weight excluding hydrogens is 429 g/mol. The van der Waals surface area contributed by atoms with Crippen molar-refractivity contribution in [3.63, 3.8) is 0 Å². The maximum Gasteiger partial charge on any atom is 0.337 e. The molecule has 23 heavy (non-hydrogen) atoms. The maximum absolute atomic E-state index is 12.8. The normalized spacial score (nSPS) is 28.0. The maximum atomic E-state index is 12.8. The van der Waals surface area contributed by atoms with Gasteiger partial charge in [0.2, 0.25) is 5.91 Å². The fourth-order valence-corrected chi connectivity index (χ4v) is 5.22. The molecule has 0 N–H and O–H groups in total. The SMILES string of the molecule is CC1(C)S[C@@H]2CC(=O)N2[C@@]1(COc1ccccc1)C(=O)OCI. The van der Waals surface area contributed by atoms with Crippen molar-refractivity contribution in [3.05, 3.63) is 30.3 Å². The first-order valence-electron chi connectivity index (χ1n) is 7.33. The van der Waals surface area contributed by atoms with Crippen molar-refractivity contribution in [3.8, 4) is 5.75 Å². The van der Waals surface area contributed by atoms with E-state index in [0.29, 0.717) is 12.2 Å². The topological polar surface area (TPSA) is 55.8 Å². The summed E-state index contributed by atoms with van der Waals surface area (Å²) in [4.78, 5) is 26.7. The summed E-state index contributed by atoms with van der Waals surface area (Å²) in [5.74, 6) is 0.261. The van der Waals surface area contributed by atoms with Gasteiger partial charge in [0.05, 0.1) is 16.5 Å². The molecule has 2 heterocycles. The summed E-state index contributed by atoms with van der Waals surface area (Å²) < 4.78 is 11.0. The average molecular weight is 447 g/mol. The number of thioether (sulfide) groups is 1. The second-order valence-electron chi connectivity index (χ2n) is 6.05. The molecule has 0 unspecified atom stereocenters. The molecule has 0 aromatic heterocycles. The lowest BCUT2D eigenvalue weighted by atomic mass is 9.82. The summed E-state index contributed by atoms with van der Waals surface area (Å²) in [7, 11) is 0. The molecule has 2 atom stereocenters. The number of hydrogen-bond acceptors (Lipinski definition) is 5. The molecule has 2 fully saturated rings. The number of fused-ring (bicyclic) bond motifs is 1. The van der Waals surface area contributed by atoms with Crippen LogP contribution in [0.1, 0.15) is 20.3 Å². The highest BCUT2D eigenvalue weighted by Gasteiger charge is 2.70. The Kier molecular flexibility index (Phi) is 4.52. The van der Waals surface area contributed by atoms with Gasteiger partial charge in [0.1, 0.15) is 17.0 Å². The smallest absolute Gasteiger partial charge is 0.337 e. The Morgan fingerprint density at radius 3 is 2.70 bits per heavy atom. The van der Waals surface area contributed by atoms with Gasteiger partial charge < -0.3 is 14.4 Å². The Morgan fingerprint density at radius 2 is 2.09 bits per heavy atom. The Balaban J connectivity index is 1.94. The highest BCUT2D eigenvalue weighted by Crippen LogP contribution is 2.57. The number of β-lactam (4-membered cyclic amide) rings is 1. The van der Waals surface area contributed by atoms with Crippen LogP contribution in [0.3, 0.4) is 0 Å². The highest BCUT2D eigenvalue weighted by molar-refractivity contribution is 14.1. The predicted octanol–water partition coefficient (Wildman–Crippen LogP) is 2.82. The Labute approximate surface area is 153 Å². The number of hydrogen-bond donors (Lipinski definition) is 0. The number of para-hydroxylation sites is 1. The minimum atomic E-state index is -1.10. The lowest BCUT2D eigenvalue weighted by Crippen LogP contribution is -2.70. The molecule has 2 aliphatic rings. The molecular formula is C16H18INO4S. The van der Waals surface area contributed by atoms with Gasteiger partial charge in [-0.05, 0) is 48.6 Å². The van der Waals surface area contributed by atoms with Crippen LogP contribution in [-0.4, -0.2) is 43.7 Å². The summed E-state index contributed by atoms with van der Waals surface area (Å²) in [6.07, 6.45) is 0.471. The molecule has 1 aromatic rings. The standard InChI is InChI=1S/C16H18INO4S/c1-15(2)16(14(20)22-10-17,18-12(19)8-13(18)23-15)9-21-11-6-4-3-5-7-11/h3-7,13H,8-10H2,1-2H3/t13-,16+/m1/s1. The van der Waals surface area contributed by atoms with Gasteiger partial charge in [-0.3, -0.25) is 4.79 Å². The number of rotatable bonds is 5. The molecule has 7 heteroatoms. The number of carbonyl (C=O) groups excluding carboxylic acids is 2. The number of ether oxygens (including phenoxy) is 2. The number of alkyl halides is 1. The molecule has 5 nitrogen and oxygen atoms in total. The summed E-state index contributed by atoms with van der Waals surface area (Å²) >= 11 is 3.63. The van der Waals surface area contributed by atoms with Crippen LogP contribution in [0.25, 0.3) is 0 Å². The van der Waals surface area contributed by atoms with E-state index in [4.69, 9.17) is 9.47 Å². The summed E-state index contributed by atoms with van der Waals surface area (Å²) in [6, 6.07) is 9.32. The van der Waals surface area contributed by atoms with Crippen LogP contribution in [0.2, 0.25) is 0 Å². The minimum Gasteiger partial charge on any atom is -0.490 e. The number of esters is 1. The van der Waals surface area contributed by atoms with Crippen LogP contribution in [0.4, 0.5) is 0 Å². The second kappa shape index (κ2) is 6.16. The zero-order valence-corrected chi connectivity index (χ0v) is 15.9. The van der Waals surface area contributed by atoms with E-state index >= 15 is 0 Å². The molecule has 3 rings (SSSR count). The van der Waals surface area contributed by atoms with Gasteiger partial charge in [-0.25, -0.2) is 4.79 Å². The van der Waals surface area contributed by atoms with Crippen molar-refractivity contribution in [2.75, 3.05) is 11.2 Å². The first-order valence-corrected chi connectivity index (χ1v) is 9.74. The van der Waals surface area contributed by atoms with E-state index in [-0.39, 0.29) is 22.5 Å². The minimum absolute atomic E-state index is 0.0184. The summed E-state index contributed by atoms with van der Waals surface area (Å²) in [5.41, 5.74) is -1.10. The Bertz CT molecular complexity index is 624. The third-order valence-corrected chi connectivity index (χ3v) is 6.35. The van der Waals surface area contributed by atoms with Gasteiger partial charge in [-0.2, -0.15) is 0 Å². The van der Waals surface area contributed by atoms with E-state index in [1.807, 2.05) is 66.8 Å². The average Bonchev–Trinajstić information content (AvgIpc) is 2.70. The van der Waals surface area contributed by atoms with E-state index in [1.54, 1.807) is 16.7 Å². The van der Waals surface area contributed by atoms with Crippen molar-refractivity contribution in [1.29, 1.82) is 0 Å². The van der Waals surface area contributed by atoms with Crippen LogP contribution in [-0.2, 0) is 14.3 Å². The molecule has 1 aromatic carbocycles. The van der Waals surface area contributed by atoms with Crippen LogP contribution in [0, 0.1) is 0 Å².